The van der Waals surface area contributed by atoms with Crippen molar-refractivity contribution in [3.05, 3.63) is 35.4 Å². The van der Waals surface area contributed by atoms with Crippen LogP contribution >= 0.6 is 0 Å². The maximum Gasteiger partial charge on any atom is 0.338 e. The van der Waals surface area contributed by atoms with Crippen LogP contribution in [-0.4, -0.2) is 23.8 Å². The topological polar surface area (TPSA) is 46.5 Å². The van der Waals surface area contributed by atoms with Gasteiger partial charge < -0.3 is 9.84 Å². The molecule has 0 aliphatic carbocycles. The molecule has 0 amide bonds. The number of esters is 1. The fourth-order valence-electron chi connectivity index (χ4n) is 1.27. The number of carbonyl (C=O) groups excluding carboxylic acids is 1. The Morgan fingerprint density at radius 2 is 2.20 bits per heavy atom. The molecule has 1 aromatic carbocycles. The van der Waals surface area contributed by atoms with Crippen LogP contribution in [0.15, 0.2) is 24.3 Å². The zero-order valence-electron chi connectivity index (χ0n) is 9.06. The predicted octanol–water partition coefficient (Wildman–Crippen LogP) is 1.79. The molecule has 0 unspecified atom stereocenters. The first kappa shape index (κ1) is 11.7. The maximum atomic E-state index is 11.5. The van der Waals surface area contributed by atoms with E-state index >= 15 is 0 Å². The van der Waals surface area contributed by atoms with E-state index in [1.165, 1.54) is 0 Å². The summed E-state index contributed by atoms with van der Waals surface area (Å²) in [7, 11) is 0. The van der Waals surface area contributed by atoms with E-state index in [0.29, 0.717) is 12.0 Å². The smallest absolute Gasteiger partial charge is 0.338 e. The molecule has 0 bridgehead atoms. The minimum atomic E-state index is -0.315. The number of ether oxygens (including phenoxy) is 1. The van der Waals surface area contributed by atoms with Gasteiger partial charge in [-0.25, -0.2) is 4.79 Å². The molecule has 0 atom stereocenters. The third-order valence-electron chi connectivity index (χ3n) is 1.91. The predicted molar refractivity (Wildman–Crippen MR) is 57.8 cm³/mol. The first-order valence-electron chi connectivity index (χ1n) is 5.04. The molecule has 0 spiro atoms. The molecule has 1 N–H and O–H groups in total. The summed E-state index contributed by atoms with van der Waals surface area (Å²) in [5.74, 6) is -0.315. The number of hydrogen-bond acceptors (Lipinski definition) is 3. The molecule has 15 heavy (non-hydrogen) atoms. The SMILES string of the molecule is CC(C)OC(=O)c1cccc(CCO)c1. The van der Waals surface area contributed by atoms with Gasteiger partial charge in [0, 0.05) is 6.61 Å². The standard InChI is InChI=1S/C12H16O3/c1-9(2)15-12(14)11-5-3-4-10(8-11)6-7-13/h3-5,8-9,13H,6-7H2,1-2H3. The highest BCUT2D eigenvalue weighted by Gasteiger charge is 2.08. The average Bonchev–Trinajstić information content (AvgIpc) is 2.17. The summed E-state index contributed by atoms with van der Waals surface area (Å²) < 4.78 is 5.07. The van der Waals surface area contributed by atoms with Crippen LogP contribution in [0, 0.1) is 0 Å². The van der Waals surface area contributed by atoms with E-state index in [0.717, 1.165) is 5.56 Å². The highest BCUT2D eigenvalue weighted by molar-refractivity contribution is 5.89. The molecule has 0 aliphatic heterocycles. The van der Waals surface area contributed by atoms with Gasteiger partial charge in [-0.1, -0.05) is 12.1 Å². The van der Waals surface area contributed by atoms with E-state index in [4.69, 9.17) is 9.84 Å². The molecule has 0 fully saturated rings. The second-order valence-corrected chi connectivity index (χ2v) is 3.63. The minimum absolute atomic E-state index is 0.0860. The van der Waals surface area contributed by atoms with Gasteiger partial charge in [-0.15, -0.1) is 0 Å². The largest absolute Gasteiger partial charge is 0.459 e. The van der Waals surface area contributed by atoms with Gasteiger partial charge >= 0.3 is 5.97 Å². The van der Waals surface area contributed by atoms with Crippen molar-refractivity contribution in [1.82, 2.24) is 0 Å². The van der Waals surface area contributed by atoms with Crippen molar-refractivity contribution in [2.75, 3.05) is 6.61 Å². The molecule has 1 aromatic rings. The number of carbonyl (C=O) groups is 1. The zero-order chi connectivity index (χ0) is 11.3. The third kappa shape index (κ3) is 3.72. The van der Waals surface area contributed by atoms with Gasteiger partial charge in [-0.05, 0) is 38.0 Å². The van der Waals surface area contributed by atoms with Crippen LogP contribution < -0.4 is 0 Å². The molecule has 3 nitrogen and oxygen atoms in total. The number of benzene rings is 1. The van der Waals surface area contributed by atoms with Crippen LogP contribution in [0.5, 0.6) is 0 Å². The van der Waals surface area contributed by atoms with Gasteiger partial charge in [0.25, 0.3) is 0 Å². The quantitative estimate of drug-likeness (QED) is 0.767. The minimum Gasteiger partial charge on any atom is -0.459 e. The Morgan fingerprint density at radius 3 is 2.80 bits per heavy atom. The number of rotatable bonds is 4. The highest BCUT2D eigenvalue weighted by Crippen LogP contribution is 2.08. The van der Waals surface area contributed by atoms with Crippen LogP contribution in [0.25, 0.3) is 0 Å². The van der Waals surface area contributed by atoms with Crippen LogP contribution in [-0.2, 0) is 11.2 Å². The van der Waals surface area contributed by atoms with E-state index in [1.807, 2.05) is 19.9 Å². The van der Waals surface area contributed by atoms with Gasteiger partial charge in [0.1, 0.15) is 0 Å². The van der Waals surface area contributed by atoms with E-state index in [2.05, 4.69) is 0 Å². The Morgan fingerprint density at radius 1 is 1.47 bits per heavy atom. The lowest BCUT2D eigenvalue weighted by atomic mass is 10.1. The number of aliphatic hydroxyl groups is 1. The summed E-state index contributed by atoms with van der Waals surface area (Å²) in [6.07, 6.45) is 0.446. The normalized spacial score (nSPS) is 10.4. The van der Waals surface area contributed by atoms with E-state index in [-0.39, 0.29) is 18.7 Å². The van der Waals surface area contributed by atoms with Crippen molar-refractivity contribution in [1.29, 1.82) is 0 Å². The summed E-state index contributed by atoms with van der Waals surface area (Å²) in [6.45, 7) is 3.72. The summed E-state index contributed by atoms with van der Waals surface area (Å²) >= 11 is 0. The number of aliphatic hydroxyl groups excluding tert-OH is 1. The van der Waals surface area contributed by atoms with Crippen LogP contribution in [0.4, 0.5) is 0 Å². The molecule has 0 aliphatic rings. The monoisotopic (exact) mass is 208 g/mol. The van der Waals surface area contributed by atoms with Crippen molar-refractivity contribution >= 4 is 5.97 Å². The lowest BCUT2D eigenvalue weighted by Crippen LogP contribution is -2.11. The molecule has 3 heteroatoms. The second kappa shape index (κ2) is 5.51. The molecular formula is C12H16O3. The third-order valence-corrected chi connectivity index (χ3v) is 1.91. The Balaban J connectivity index is 2.76. The Kier molecular flexibility index (Phi) is 4.31. The molecular weight excluding hydrogens is 192 g/mol. The zero-order valence-corrected chi connectivity index (χ0v) is 9.06. The number of hydrogen-bond donors (Lipinski definition) is 1. The summed E-state index contributed by atoms with van der Waals surface area (Å²) in [5.41, 5.74) is 1.48. The lowest BCUT2D eigenvalue weighted by molar-refractivity contribution is 0.0377. The molecule has 0 radical (unpaired) electrons. The Bertz CT molecular complexity index is 331. The van der Waals surface area contributed by atoms with Gasteiger partial charge in [-0.3, -0.25) is 0 Å². The van der Waals surface area contributed by atoms with Gasteiger partial charge in [-0.2, -0.15) is 0 Å². The van der Waals surface area contributed by atoms with Gasteiger partial charge in [0.05, 0.1) is 11.7 Å². The van der Waals surface area contributed by atoms with Gasteiger partial charge in [0.2, 0.25) is 0 Å². The van der Waals surface area contributed by atoms with E-state index in [9.17, 15) is 4.79 Å². The maximum absolute atomic E-state index is 11.5. The molecule has 0 saturated carbocycles. The van der Waals surface area contributed by atoms with Crippen molar-refractivity contribution in [2.45, 2.75) is 26.4 Å². The van der Waals surface area contributed by atoms with E-state index < -0.39 is 0 Å². The molecule has 1 rings (SSSR count). The van der Waals surface area contributed by atoms with Crippen LogP contribution in [0.1, 0.15) is 29.8 Å². The fraction of sp³-hybridized carbons (Fsp3) is 0.417. The van der Waals surface area contributed by atoms with Crippen LogP contribution in [0.3, 0.4) is 0 Å². The van der Waals surface area contributed by atoms with Gasteiger partial charge in [0.15, 0.2) is 0 Å². The lowest BCUT2D eigenvalue weighted by Gasteiger charge is -2.08. The molecule has 0 saturated heterocycles. The van der Waals surface area contributed by atoms with Crippen molar-refractivity contribution in [3.63, 3.8) is 0 Å². The van der Waals surface area contributed by atoms with E-state index in [1.54, 1.807) is 18.2 Å². The van der Waals surface area contributed by atoms with Crippen molar-refractivity contribution in [2.24, 2.45) is 0 Å². The summed E-state index contributed by atoms with van der Waals surface area (Å²) in [6, 6.07) is 7.14. The Hall–Kier alpha value is -1.35. The van der Waals surface area contributed by atoms with Crippen molar-refractivity contribution in [3.8, 4) is 0 Å². The summed E-state index contributed by atoms with van der Waals surface area (Å²) in [4.78, 5) is 11.5. The first-order chi connectivity index (χ1) is 7.13. The average molecular weight is 208 g/mol. The fourth-order valence-corrected chi connectivity index (χ4v) is 1.27. The highest BCUT2D eigenvalue weighted by atomic mass is 16.5. The molecule has 0 heterocycles. The van der Waals surface area contributed by atoms with Crippen molar-refractivity contribution < 1.29 is 14.6 Å². The first-order valence-corrected chi connectivity index (χ1v) is 5.04. The summed E-state index contributed by atoms with van der Waals surface area (Å²) in [5, 5.41) is 8.78. The Labute approximate surface area is 89.7 Å². The second-order valence-electron chi connectivity index (χ2n) is 3.63. The molecule has 0 aromatic heterocycles. The van der Waals surface area contributed by atoms with Crippen LogP contribution in [0.2, 0.25) is 0 Å². The molecule has 82 valence electrons.